The second kappa shape index (κ2) is 6.13. The molecule has 0 bridgehead atoms. The summed E-state index contributed by atoms with van der Waals surface area (Å²) in [5.41, 5.74) is 6.67. The SMILES string of the molecule is CC(=O)NC1CCCN(C(=O)c2cc(Cl)ccc2N)C1. The normalized spacial score (nSPS) is 18.7. The Morgan fingerprint density at radius 3 is 2.90 bits per heavy atom. The molecule has 1 aromatic carbocycles. The van der Waals surface area contributed by atoms with Gasteiger partial charge in [0.05, 0.1) is 5.56 Å². The van der Waals surface area contributed by atoms with Crippen molar-refractivity contribution in [2.75, 3.05) is 18.8 Å². The third kappa shape index (κ3) is 3.42. The summed E-state index contributed by atoms with van der Waals surface area (Å²) in [6, 6.07) is 4.88. The van der Waals surface area contributed by atoms with Crippen LogP contribution in [-0.4, -0.2) is 35.8 Å². The average Bonchev–Trinajstić information content (AvgIpc) is 2.40. The molecule has 0 saturated carbocycles. The number of carbonyl (C=O) groups excluding carboxylic acids is 2. The molecule has 108 valence electrons. The van der Waals surface area contributed by atoms with Gasteiger partial charge in [0.25, 0.3) is 5.91 Å². The highest BCUT2D eigenvalue weighted by Gasteiger charge is 2.26. The van der Waals surface area contributed by atoms with E-state index in [1.54, 1.807) is 23.1 Å². The van der Waals surface area contributed by atoms with Gasteiger partial charge in [0, 0.05) is 36.8 Å². The summed E-state index contributed by atoms with van der Waals surface area (Å²) in [4.78, 5) is 25.3. The molecular formula is C14H18ClN3O2. The molecule has 0 aromatic heterocycles. The summed E-state index contributed by atoms with van der Waals surface area (Å²) in [6.45, 7) is 2.65. The van der Waals surface area contributed by atoms with Crippen LogP contribution in [0.5, 0.6) is 0 Å². The van der Waals surface area contributed by atoms with Crippen LogP contribution in [0.25, 0.3) is 0 Å². The van der Waals surface area contributed by atoms with Gasteiger partial charge in [-0.05, 0) is 31.0 Å². The van der Waals surface area contributed by atoms with E-state index in [0.717, 1.165) is 12.8 Å². The number of nitrogens with zero attached hydrogens (tertiary/aromatic N) is 1. The van der Waals surface area contributed by atoms with Crippen molar-refractivity contribution in [1.82, 2.24) is 10.2 Å². The summed E-state index contributed by atoms with van der Waals surface area (Å²) >= 11 is 5.91. The first-order valence-electron chi connectivity index (χ1n) is 6.59. The predicted octanol–water partition coefficient (Wildman–Crippen LogP) is 1.66. The number of carbonyl (C=O) groups is 2. The largest absolute Gasteiger partial charge is 0.398 e. The summed E-state index contributed by atoms with van der Waals surface area (Å²) in [7, 11) is 0. The fourth-order valence-electron chi connectivity index (χ4n) is 2.45. The molecule has 2 amide bonds. The van der Waals surface area contributed by atoms with Gasteiger partial charge < -0.3 is 16.0 Å². The maximum absolute atomic E-state index is 12.5. The highest BCUT2D eigenvalue weighted by Crippen LogP contribution is 2.21. The highest BCUT2D eigenvalue weighted by molar-refractivity contribution is 6.31. The van der Waals surface area contributed by atoms with Crippen molar-refractivity contribution in [2.24, 2.45) is 0 Å². The number of anilines is 1. The molecule has 1 saturated heterocycles. The van der Waals surface area contributed by atoms with Crippen molar-refractivity contribution in [1.29, 1.82) is 0 Å². The zero-order chi connectivity index (χ0) is 14.7. The zero-order valence-electron chi connectivity index (χ0n) is 11.4. The van der Waals surface area contributed by atoms with Crippen LogP contribution < -0.4 is 11.1 Å². The predicted molar refractivity (Wildman–Crippen MR) is 78.6 cm³/mol. The number of nitrogens with one attached hydrogen (secondary N) is 1. The van der Waals surface area contributed by atoms with Crippen molar-refractivity contribution in [3.63, 3.8) is 0 Å². The van der Waals surface area contributed by atoms with Crippen molar-refractivity contribution < 1.29 is 9.59 Å². The minimum atomic E-state index is -0.139. The van der Waals surface area contributed by atoms with Gasteiger partial charge >= 0.3 is 0 Å². The number of piperidine rings is 1. The second-order valence-electron chi connectivity index (χ2n) is 5.02. The van der Waals surface area contributed by atoms with E-state index < -0.39 is 0 Å². The molecular weight excluding hydrogens is 278 g/mol. The molecule has 1 aliphatic rings. The van der Waals surface area contributed by atoms with Crippen molar-refractivity contribution in [3.05, 3.63) is 28.8 Å². The Morgan fingerprint density at radius 1 is 1.45 bits per heavy atom. The first-order valence-corrected chi connectivity index (χ1v) is 6.96. The molecule has 1 heterocycles. The van der Waals surface area contributed by atoms with E-state index >= 15 is 0 Å². The van der Waals surface area contributed by atoms with E-state index in [0.29, 0.717) is 29.4 Å². The molecule has 0 radical (unpaired) electrons. The summed E-state index contributed by atoms with van der Waals surface area (Å²) < 4.78 is 0. The number of amides is 2. The minimum absolute atomic E-state index is 0.00519. The van der Waals surface area contributed by atoms with Crippen LogP contribution in [0.2, 0.25) is 5.02 Å². The Kier molecular flexibility index (Phi) is 4.49. The number of hydrogen-bond acceptors (Lipinski definition) is 3. The van der Waals surface area contributed by atoms with E-state index in [4.69, 9.17) is 17.3 Å². The lowest BCUT2D eigenvalue weighted by Gasteiger charge is -2.33. The molecule has 6 heteroatoms. The molecule has 20 heavy (non-hydrogen) atoms. The quantitative estimate of drug-likeness (QED) is 0.815. The zero-order valence-corrected chi connectivity index (χ0v) is 12.1. The van der Waals surface area contributed by atoms with E-state index in [-0.39, 0.29) is 17.9 Å². The molecule has 0 aliphatic carbocycles. The van der Waals surface area contributed by atoms with Crippen molar-refractivity contribution in [3.8, 4) is 0 Å². The van der Waals surface area contributed by atoms with Crippen LogP contribution in [0.4, 0.5) is 5.69 Å². The van der Waals surface area contributed by atoms with E-state index in [1.165, 1.54) is 6.92 Å². The maximum Gasteiger partial charge on any atom is 0.256 e. The van der Waals surface area contributed by atoms with Gasteiger partial charge in [-0.3, -0.25) is 9.59 Å². The Balaban J connectivity index is 2.12. The monoisotopic (exact) mass is 295 g/mol. The van der Waals surface area contributed by atoms with Crippen LogP contribution in [0.3, 0.4) is 0 Å². The number of nitrogen functional groups attached to an aromatic ring is 1. The van der Waals surface area contributed by atoms with Crippen LogP contribution in [-0.2, 0) is 4.79 Å². The maximum atomic E-state index is 12.5. The van der Waals surface area contributed by atoms with Crippen LogP contribution in [0.15, 0.2) is 18.2 Å². The van der Waals surface area contributed by atoms with Crippen LogP contribution in [0.1, 0.15) is 30.1 Å². The summed E-state index contributed by atoms with van der Waals surface area (Å²) in [6.07, 6.45) is 1.74. The van der Waals surface area contributed by atoms with Gasteiger partial charge in [0.2, 0.25) is 5.91 Å². The fourth-order valence-corrected chi connectivity index (χ4v) is 2.62. The Bertz CT molecular complexity index is 533. The molecule has 2 rings (SSSR count). The molecule has 1 atom stereocenters. The number of benzene rings is 1. The third-order valence-corrected chi connectivity index (χ3v) is 3.60. The Hall–Kier alpha value is -1.75. The average molecular weight is 296 g/mol. The number of halogens is 1. The number of rotatable bonds is 2. The lowest BCUT2D eigenvalue weighted by atomic mass is 10.0. The van der Waals surface area contributed by atoms with Crippen LogP contribution >= 0.6 is 11.6 Å². The van der Waals surface area contributed by atoms with Crippen molar-refractivity contribution >= 4 is 29.1 Å². The second-order valence-corrected chi connectivity index (χ2v) is 5.46. The third-order valence-electron chi connectivity index (χ3n) is 3.36. The molecule has 1 unspecified atom stereocenters. The molecule has 1 aromatic rings. The van der Waals surface area contributed by atoms with E-state index in [1.807, 2.05) is 0 Å². The van der Waals surface area contributed by atoms with Crippen LogP contribution in [0, 0.1) is 0 Å². The summed E-state index contributed by atoms with van der Waals surface area (Å²) in [5, 5.41) is 3.34. The fraction of sp³-hybridized carbons (Fsp3) is 0.429. The van der Waals surface area contributed by atoms with Gasteiger partial charge in [-0.15, -0.1) is 0 Å². The minimum Gasteiger partial charge on any atom is -0.398 e. The highest BCUT2D eigenvalue weighted by atomic mass is 35.5. The first-order chi connectivity index (χ1) is 9.47. The number of nitrogens with two attached hydrogens (primary N) is 1. The Morgan fingerprint density at radius 2 is 2.20 bits per heavy atom. The van der Waals surface area contributed by atoms with E-state index in [9.17, 15) is 9.59 Å². The lowest BCUT2D eigenvalue weighted by Crippen LogP contribution is -2.49. The summed E-state index contributed by atoms with van der Waals surface area (Å²) in [5.74, 6) is -0.216. The van der Waals surface area contributed by atoms with Gasteiger partial charge in [0.15, 0.2) is 0 Å². The van der Waals surface area contributed by atoms with Gasteiger partial charge in [-0.1, -0.05) is 11.6 Å². The molecule has 1 fully saturated rings. The molecule has 5 nitrogen and oxygen atoms in total. The van der Waals surface area contributed by atoms with E-state index in [2.05, 4.69) is 5.32 Å². The standard InChI is InChI=1S/C14H18ClN3O2/c1-9(19)17-11-3-2-6-18(8-11)14(20)12-7-10(15)4-5-13(12)16/h4-5,7,11H,2-3,6,8,16H2,1H3,(H,17,19). The van der Waals surface area contributed by atoms with Gasteiger partial charge in [-0.25, -0.2) is 0 Å². The molecule has 3 N–H and O–H groups in total. The first kappa shape index (κ1) is 14.7. The lowest BCUT2D eigenvalue weighted by molar-refractivity contribution is -0.120. The smallest absolute Gasteiger partial charge is 0.256 e. The number of likely N-dealkylation sites (tertiary alicyclic amines) is 1. The molecule has 1 aliphatic heterocycles. The van der Waals surface area contributed by atoms with Gasteiger partial charge in [0.1, 0.15) is 0 Å². The van der Waals surface area contributed by atoms with Crippen molar-refractivity contribution in [2.45, 2.75) is 25.8 Å². The molecule has 0 spiro atoms. The number of hydrogen-bond donors (Lipinski definition) is 2. The van der Waals surface area contributed by atoms with Gasteiger partial charge in [-0.2, -0.15) is 0 Å². The Labute approximate surface area is 123 Å². The topological polar surface area (TPSA) is 75.4 Å².